The van der Waals surface area contributed by atoms with Crippen LogP contribution in [0.1, 0.15) is 52.0 Å². The fraction of sp³-hybridized carbons (Fsp3) is 0.588. The van der Waals surface area contributed by atoms with Gasteiger partial charge in [0.2, 0.25) is 0 Å². The van der Waals surface area contributed by atoms with Crippen molar-refractivity contribution >= 4 is 6.03 Å². The van der Waals surface area contributed by atoms with Gasteiger partial charge in [-0.1, -0.05) is 25.0 Å². The first kappa shape index (κ1) is 15.7. The summed E-state index contributed by atoms with van der Waals surface area (Å²) in [6, 6.07) is 8.13. The number of hydrogen-bond donors (Lipinski definition) is 2. The van der Waals surface area contributed by atoms with Crippen LogP contribution in [0.2, 0.25) is 0 Å². The van der Waals surface area contributed by atoms with Gasteiger partial charge in [-0.2, -0.15) is 0 Å². The van der Waals surface area contributed by atoms with E-state index in [1.54, 1.807) is 0 Å². The molecule has 0 bridgehead atoms. The molecule has 1 fully saturated rings. The number of rotatable bonds is 4. The lowest BCUT2D eigenvalue weighted by atomic mass is 10.1. The van der Waals surface area contributed by atoms with Gasteiger partial charge in [0.1, 0.15) is 11.4 Å². The third-order valence-corrected chi connectivity index (χ3v) is 3.49. The molecule has 21 heavy (non-hydrogen) atoms. The number of carbonyl (C=O) groups excluding carboxylic acids is 1. The average molecular weight is 290 g/mol. The predicted molar refractivity (Wildman–Crippen MR) is 84.5 cm³/mol. The van der Waals surface area contributed by atoms with E-state index in [9.17, 15) is 4.79 Å². The SMILES string of the molecule is CC(C)(C)Oc1ccc(CNC(=O)NC2CCCC2)cc1. The molecule has 0 atom stereocenters. The molecule has 1 aromatic carbocycles. The smallest absolute Gasteiger partial charge is 0.315 e. The molecule has 0 unspecified atom stereocenters. The highest BCUT2D eigenvalue weighted by atomic mass is 16.5. The van der Waals surface area contributed by atoms with Crippen molar-refractivity contribution in [1.82, 2.24) is 10.6 Å². The summed E-state index contributed by atoms with van der Waals surface area (Å²) >= 11 is 0. The minimum absolute atomic E-state index is 0.0723. The summed E-state index contributed by atoms with van der Waals surface area (Å²) in [5, 5.41) is 5.92. The molecule has 0 aromatic heterocycles. The maximum atomic E-state index is 11.8. The van der Waals surface area contributed by atoms with E-state index in [2.05, 4.69) is 10.6 Å². The quantitative estimate of drug-likeness (QED) is 0.890. The summed E-state index contributed by atoms with van der Waals surface area (Å²) in [4.78, 5) is 11.8. The Hall–Kier alpha value is -1.71. The number of ether oxygens (including phenoxy) is 1. The van der Waals surface area contributed by atoms with Crippen LogP contribution in [0.4, 0.5) is 4.79 Å². The molecule has 1 aromatic rings. The third kappa shape index (κ3) is 5.66. The van der Waals surface area contributed by atoms with E-state index in [0.717, 1.165) is 24.2 Å². The van der Waals surface area contributed by atoms with Crippen LogP contribution < -0.4 is 15.4 Å². The summed E-state index contributed by atoms with van der Waals surface area (Å²) in [5.41, 5.74) is 0.874. The van der Waals surface area contributed by atoms with Gasteiger partial charge in [0.15, 0.2) is 0 Å². The van der Waals surface area contributed by atoms with Crippen LogP contribution in [0, 0.1) is 0 Å². The van der Waals surface area contributed by atoms with Crippen molar-refractivity contribution in [2.45, 2.75) is 64.6 Å². The fourth-order valence-corrected chi connectivity index (χ4v) is 2.52. The Morgan fingerprint density at radius 1 is 1.19 bits per heavy atom. The van der Waals surface area contributed by atoms with Crippen LogP contribution >= 0.6 is 0 Å². The van der Waals surface area contributed by atoms with E-state index in [0.29, 0.717) is 12.6 Å². The number of urea groups is 1. The molecule has 4 heteroatoms. The van der Waals surface area contributed by atoms with Gasteiger partial charge in [0.05, 0.1) is 0 Å². The van der Waals surface area contributed by atoms with Gasteiger partial charge in [-0.3, -0.25) is 0 Å². The first-order valence-corrected chi connectivity index (χ1v) is 7.75. The Morgan fingerprint density at radius 3 is 2.38 bits per heavy atom. The van der Waals surface area contributed by atoms with Crippen LogP contribution in [0.5, 0.6) is 5.75 Å². The van der Waals surface area contributed by atoms with Gasteiger partial charge < -0.3 is 15.4 Å². The molecular weight excluding hydrogens is 264 g/mol. The Balaban J connectivity index is 1.76. The second-order valence-electron chi connectivity index (χ2n) is 6.67. The molecule has 1 aliphatic carbocycles. The standard InChI is InChI=1S/C17H26N2O2/c1-17(2,3)21-15-10-8-13(9-11-15)12-18-16(20)19-14-6-4-5-7-14/h8-11,14H,4-7,12H2,1-3H3,(H2,18,19,20). The zero-order valence-corrected chi connectivity index (χ0v) is 13.2. The van der Waals surface area contributed by atoms with Gasteiger partial charge in [0.25, 0.3) is 0 Å². The Labute approximate surface area is 127 Å². The maximum Gasteiger partial charge on any atom is 0.315 e. The fourth-order valence-electron chi connectivity index (χ4n) is 2.52. The van der Waals surface area contributed by atoms with Crippen LogP contribution in [0.3, 0.4) is 0 Å². The minimum Gasteiger partial charge on any atom is -0.488 e. The van der Waals surface area contributed by atoms with E-state index in [1.807, 2.05) is 45.0 Å². The zero-order chi connectivity index (χ0) is 15.3. The van der Waals surface area contributed by atoms with E-state index >= 15 is 0 Å². The minimum atomic E-state index is -0.194. The number of hydrogen-bond acceptors (Lipinski definition) is 2. The normalized spacial score (nSPS) is 15.8. The van der Waals surface area contributed by atoms with Crippen molar-refractivity contribution in [3.63, 3.8) is 0 Å². The lowest BCUT2D eigenvalue weighted by molar-refractivity contribution is 0.131. The number of amides is 2. The molecule has 0 spiro atoms. The van der Waals surface area contributed by atoms with Crippen LogP contribution in [0.25, 0.3) is 0 Å². The molecule has 0 aliphatic heterocycles. The van der Waals surface area contributed by atoms with Gasteiger partial charge in [-0.15, -0.1) is 0 Å². The van der Waals surface area contributed by atoms with E-state index < -0.39 is 0 Å². The molecule has 0 radical (unpaired) electrons. The molecule has 1 saturated carbocycles. The first-order chi connectivity index (χ1) is 9.92. The number of nitrogens with one attached hydrogen (secondary N) is 2. The lowest BCUT2D eigenvalue weighted by Gasteiger charge is -2.21. The van der Waals surface area contributed by atoms with E-state index in [-0.39, 0.29) is 11.6 Å². The highest BCUT2D eigenvalue weighted by molar-refractivity contribution is 5.74. The first-order valence-electron chi connectivity index (χ1n) is 7.75. The van der Waals surface area contributed by atoms with Crippen LogP contribution in [-0.2, 0) is 6.54 Å². The Kier molecular flexibility index (Phi) is 5.10. The van der Waals surface area contributed by atoms with Crippen molar-refractivity contribution in [3.05, 3.63) is 29.8 Å². The highest BCUT2D eigenvalue weighted by Crippen LogP contribution is 2.19. The Bertz CT molecular complexity index is 457. The van der Waals surface area contributed by atoms with E-state index in [4.69, 9.17) is 4.74 Å². The summed E-state index contributed by atoms with van der Waals surface area (Å²) in [7, 11) is 0. The number of carbonyl (C=O) groups is 1. The maximum absolute atomic E-state index is 11.8. The summed E-state index contributed by atoms with van der Waals surface area (Å²) in [5.74, 6) is 0.849. The van der Waals surface area contributed by atoms with Crippen molar-refractivity contribution in [1.29, 1.82) is 0 Å². The molecule has 0 heterocycles. The Morgan fingerprint density at radius 2 is 1.81 bits per heavy atom. The highest BCUT2D eigenvalue weighted by Gasteiger charge is 2.16. The van der Waals surface area contributed by atoms with E-state index in [1.165, 1.54) is 12.8 Å². The summed E-state index contributed by atoms with van der Waals surface area (Å²) in [6.45, 7) is 6.61. The predicted octanol–water partition coefficient (Wildman–Crippen LogP) is 3.61. The molecule has 2 N–H and O–H groups in total. The molecule has 116 valence electrons. The molecule has 1 aliphatic rings. The monoisotopic (exact) mass is 290 g/mol. The number of benzene rings is 1. The summed E-state index contributed by atoms with van der Waals surface area (Å²) in [6.07, 6.45) is 4.65. The topological polar surface area (TPSA) is 50.4 Å². The molecule has 0 saturated heterocycles. The molecule has 2 rings (SSSR count). The van der Waals surface area contributed by atoms with Crippen molar-refractivity contribution in [2.75, 3.05) is 0 Å². The summed E-state index contributed by atoms with van der Waals surface area (Å²) < 4.78 is 5.77. The van der Waals surface area contributed by atoms with Gasteiger partial charge in [-0.05, 0) is 51.3 Å². The van der Waals surface area contributed by atoms with Crippen molar-refractivity contribution in [3.8, 4) is 5.75 Å². The average Bonchev–Trinajstić information content (AvgIpc) is 2.89. The largest absolute Gasteiger partial charge is 0.488 e. The third-order valence-electron chi connectivity index (χ3n) is 3.49. The second kappa shape index (κ2) is 6.83. The van der Waals surface area contributed by atoms with Gasteiger partial charge in [-0.25, -0.2) is 4.79 Å². The van der Waals surface area contributed by atoms with Crippen molar-refractivity contribution < 1.29 is 9.53 Å². The lowest BCUT2D eigenvalue weighted by Crippen LogP contribution is -2.40. The van der Waals surface area contributed by atoms with Crippen molar-refractivity contribution in [2.24, 2.45) is 0 Å². The zero-order valence-electron chi connectivity index (χ0n) is 13.2. The molecule has 4 nitrogen and oxygen atoms in total. The van der Waals surface area contributed by atoms with Crippen LogP contribution in [0.15, 0.2) is 24.3 Å². The molecular formula is C17H26N2O2. The van der Waals surface area contributed by atoms with Gasteiger partial charge in [0, 0.05) is 12.6 Å². The second-order valence-corrected chi connectivity index (χ2v) is 6.67. The van der Waals surface area contributed by atoms with Gasteiger partial charge >= 0.3 is 6.03 Å². The molecule has 2 amide bonds. The van der Waals surface area contributed by atoms with Crippen LogP contribution in [-0.4, -0.2) is 17.7 Å².